The monoisotopic (exact) mass is 236 g/mol. The number of aromatic amines is 1. The molecule has 92 valence electrons. The first-order valence-electron chi connectivity index (χ1n) is 5.65. The van der Waals surface area contributed by atoms with Crippen molar-refractivity contribution in [1.29, 1.82) is 0 Å². The molecule has 7 nitrogen and oxygen atoms in total. The highest BCUT2D eigenvalue weighted by Crippen LogP contribution is 2.21. The average Bonchev–Trinajstić information content (AvgIpc) is 2.82. The Labute approximate surface area is 98.7 Å². The van der Waals surface area contributed by atoms with Crippen LogP contribution in [0.3, 0.4) is 0 Å². The first-order chi connectivity index (χ1) is 8.35. The lowest BCUT2D eigenvalue weighted by atomic mass is 10.3. The maximum Gasteiger partial charge on any atom is 0.242 e. The van der Waals surface area contributed by atoms with Gasteiger partial charge in [0.15, 0.2) is 5.65 Å². The number of hydrazine groups is 1. The largest absolute Gasteiger partial charge is 0.477 e. The lowest BCUT2D eigenvalue weighted by molar-refractivity contribution is 0.299. The molecule has 2 aromatic rings. The Morgan fingerprint density at radius 1 is 1.41 bits per heavy atom. The summed E-state index contributed by atoms with van der Waals surface area (Å²) < 4.78 is 5.62. The minimum Gasteiger partial charge on any atom is -0.477 e. The van der Waals surface area contributed by atoms with Crippen molar-refractivity contribution in [3.05, 3.63) is 6.20 Å². The second-order valence-electron chi connectivity index (χ2n) is 3.68. The van der Waals surface area contributed by atoms with Crippen LogP contribution in [0.1, 0.15) is 26.2 Å². The molecule has 7 heteroatoms. The maximum atomic E-state index is 5.62. The standard InChI is InChI=1S/C10H16N6O/c1-2-3-4-5-17-9-7-6-12-16-8(7)13-10(14-9)15-11/h6H,2-5,11H2,1H3,(H2,12,13,14,15,16). The number of anilines is 1. The summed E-state index contributed by atoms with van der Waals surface area (Å²) in [6.07, 6.45) is 4.95. The summed E-state index contributed by atoms with van der Waals surface area (Å²) in [5.41, 5.74) is 3.01. The van der Waals surface area contributed by atoms with Gasteiger partial charge in [-0.05, 0) is 6.42 Å². The van der Waals surface area contributed by atoms with Gasteiger partial charge in [0.2, 0.25) is 11.8 Å². The molecular weight excluding hydrogens is 220 g/mol. The SMILES string of the molecule is CCCCCOc1nc(NN)nc2[nH]ncc12. The van der Waals surface area contributed by atoms with Gasteiger partial charge in [-0.2, -0.15) is 15.1 Å². The van der Waals surface area contributed by atoms with Crippen molar-refractivity contribution < 1.29 is 4.74 Å². The molecule has 0 fully saturated rings. The van der Waals surface area contributed by atoms with Gasteiger partial charge in [0.1, 0.15) is 5.39 Å². The molecule has 0 aliphatic rings. The van der Waals surface area contributed by atoms with E-state index in [1.165, 1.54) is 0 Å². The van der Waals surface area contributed by atoms with Gasteiger partial charge in [-0.25, -0.2) is 5.84 Å². The Bertz CT molecular complexity index is 483. The average molecular weight is 236 g/mol. The Morgan fingerprint density at radius 3 is 3.06 bits per heavy atom. The van der Waals surface area contributed by atoms with E-state index >= 15 is 0 Å². The van der Waals surface area contributed by atoms with Crippen LogP contribution in [0.4, 0.5) is 5.95 Å². The summed E-state index contributed by atoms with van der Waals surface area (Å²) in [6.45, 7) is 2.78. The van der Waals surface area contributed by atoms with Crippen LogP contribution in [0.2, 0.25) is 0 Å². The molecule has 4 N–H and O–H groups in total. The molecule has 2 heterocycles. The summed E-state index contributed by atoms with van der Waals surface area (Å²) in [5, 5.41) is 7.43. The number of nitrogens with one attached hydrogen (secondary N) is 2. The number of unbranched alkanes of at least 4 members (excludes halogenated alkanes) is 2. The molecule has 0 aliphatic heterocycles. The minimum atomic E-state index is 0.312. The van der Waals surface area contributed by atoms with E-state index in [0.29, 0.717) is 24.1 Å². The molecule has 0 aliphatic carbocycles. The van der Waals surface area contributed by atoms with Crippen molar-refractivity contribution in [2.75, 3.05) is 12.0 Å². The molecule has 0 bridgehead atoms. The fourth-order valence-corrected chi connectivity index (χ4v) is 1.50. The molecule has 0 spiro atoms. The highest BCUT2D eigenvalue weighted by atomic mass is 16.5. The zero-order valence-corrected chi connectivity index (χ0v) is 9.73. The summed E-state index contributed by atoms with van der Waals surface area (Å²) in [7, 11) is 0. The first-order valence-corrected chi connectivity index (χ1v) is 5.65. The van der Waals surface area contributed by atoms with Crippen LogP contribution in [0.15, 0.2) is 6.20 Å². The summed E-state index contributed by atoms with van der Waals surface area (Å²) in [4.78, 5) is 8.27. The van der Waals surface area contributed by atoms with Gasteiger partial charge in [-0.1, -0.05) is 19.8 Å². The molecule has 0 radical (unpaired) electrons. The van der Waals surface area contributed by atoms with E-state index in [-0.39, 0.29) is 0 Å². The van der Waals surface area contributed by atoms with E-state index in [9.17, 15) is 0 Å². The number of H-pyrrole nitrogens is 1. The number of hydrogen-bond donors (Lipinski definition) is 3. The van der Waals surface area contributed by atoms with E-state index in [1.54, 1.807) is 6.20 Å². The molecule has 0 aromatic carbocycles. The molecule has 0 atom stereocenters. The van der Waals surface area contributed by atoms with Gasteiger partial charge in [0.05, 0.1) is 12.8 Å². The molecule has 17 heavy (non-hydrogen) atoms. The molecule has 2 rings (SSSR count). The number of aromatic nitrogens is 4. The third-order valence-corrected chi connectivity index (χ3v) is 2.39. The van der Waals surface area contributed by atoms with Crippen molar-refractivity contribution in [2.24, 2.45) is 5.84 Å². The van der Waals surface area contributed by atoms with E-state index in [0.717, 1.165) is 24.6 Å². The Hall–Kier alpha value is -1.89. The highest BCUT2D eigenvalue weighted by Gasteiger charge is 2.09. The Balaban J connectivity index is 2.16. The van der Waals surface area contributed by atoms with E-state index in [4.69, 9.17) is 10.6 Å². The van der Waals surface area contributed by atoms with Gasteiger partial charge in [0, 0.05) is 0 Å². The topological polar surface area (TPSA) is 102 Å². The van der Waals surface area contributed by atoms with Crippen molar-refractivity contribution in [3.8, 4) is 5.88 Å². The van der Waals surface area contributed by atoms with Crippen LogP contribution in [0.5, 0.6) is 5.88 Å². The number of nitrogens with two attached hydrogens (primary N) is 1. The van der Waals surface area contributed by atoms with Crippen LogP contribution >= 0.6 is 0 Å². The van der Waals surface area contributed by atoms with Crippen LogP contribution in [-0.4, -0.2) is 26.8 Å². The van der Waals surface area contributed by atoms with Gasteiger partial charge >= 0.3 is 0 Å². The predicted octanol–water partition coefficient (Wildman–Crippen LogP) is 1.21. The van der Waals surface area contributed by atoms with Crippen LogP contribution < -0.4 is 16.0 Å². The van der Waals surface area contributed by atoms with Crippen molar-refractivity contribution in [3.63, 3.8) is 0 Å². The number of hydrogen-bond acceptors (Lipinski definition) is 6. The van der Waals surface area contributed by atoms with Crippen LogP contribution in [0, 0.1) is 0 Å². The van der Waals surface area contributed by atoms with Crippen molar-refractivity contribution in [1.82, 2.24) is 20.2 Å². The zero-order valence-electron chi connectivity index (χ0n) is 9.73. The molecule has 2 aromatic heterocycles. The predicted molar refractivity (Wildman–Crippen MR) is 64.5 cm³/mol. The summed E-state index contributed by atoms with van der Waals surface area (Å²) >= 11 is 0. The third-order valence-electron chi connectivity index (χ3n) is 2.39. The minimum absolute atomic E-state index is 0.312. The highest BCUT2D eigenvalue weighted by molar-refractivity contribution is 5.80. The Kier molecular flexibility index (Phi) is 3.71. The van der Waals surface area contributed by atoms with Crippen molar-refractivity contribution in [2.45, 2.75) is 26.2 Å². The fraction of sp³-hybridized carbons (Fsp3) is 0.500. The fourth-order valence-electron chi connectivity index (χ4n) is 1.50. The second kappa shape index (κ2) is 5.44. The van der Waals surface area contributed by atoms with E-state index < -0.39 is 0 Å². The molecule has 0 saturated heterocycles. The van der Waals surface area contributed by atoms with E-state index in [2.05, 4.69) is 32.5 Å². The number of nitrogen functional groups attached to an aromatic ring is 1. The summed E-state index contributed by atoms with van der Waals surface area (Å²) in [6, 6.07) is 0. The van der Waals surface area contributed by atoms with Crippen LogP contribution in [0.25, 0.3) is 11.0 Å². The Morgan fingerprint density at radius 2 is 2.29 bits per heavy atom. The van der Waals surface area contributed by atoms with E-state index in [1.807, 2.05) is 0 Å². The zero-order chi connectivity index (χ0) is 12.1. The number of ether oxygens (including phenoxy) is 1. The van der Waals surface area contributed by atoms with Gasteiger partial charge in [0.25, 0.3) is 0 Å². The normalized spacial score (nSPS) is 10.7. The lowest BCUT2D eigenvalue weighted by Crippen LogP contribution is -2.11. The number of fused-ring (bicyclic) bond motifs is 1. The number of rotatable bonds is 6. The second-order valence-corrected chi connectivity index (χ2v) is 3.68. The van der Waals surface area contributed by atoms with Gasteiger partial charge < -0.3 is 4.74 Å². The lowest BCUT2D eigenvalue weighted by Gasteiger charge is -2.06. The molecule has 0 amide bonds. The first kappa shape index (κ1) is 11.6. The smallest absolute Gasteiger partial charge is 0.242 e. The number of nitrogens with zero attached hydrogens (tertiary/aromatic N) is 3. The summed E-state index contributed by atoms with van der Waals surface area (Å²) in [5.74, 6) is 6.11. The quantitative estimate of drug-likeness (QED) is 0.396. The molecular formula is C10H16N6O. The molecule has 0 saturated carbocycles. The molecule has 0 unspecified atom stereocenters. The van der Waals surface area contributed by atoms with Crippen LogP contribution in [-0.2, 0) is 0 Å². The van der Waals surface area contributed by atoms with Gasteiger partial charge in [-0.3, -0.25) is 10.5 Å². The van der Waals surface area contributed by atoms with Gasteiger partial charge in [-0.15, -0.1) is 0 Å². The maximum absolute atomic E-state index is 5.62. The third kappa shape index (κ3) is 2.62. The van der Waals surface area contributed by atoms with Crippen molar-refractivity contribution >= 4 is 17.0 Å².